The molecule has 0 bridgehead atoms. The van der Waals surface area contributed by atoms with Gasteiger partial charge in [-0.05, 0) is 55.1 Å². The maximum absolute atomic E-state index is 14.1. The number of amides is 1. The summed E-state index contributed by atoms with van der Waals surface area (Å²) in [5.74, 6) is 1.94. The van der Waals surface area contributed by atoms with Crippen LogP contribution in [0.3, 0.4) is 0 Å². The molecule has 1 saturated heterocycles. The third-order valence-electron chi connectivity index (χ3n) is 8.71. The van der Waals surface area contributed by atoms with Crippen molar-refractivity contribution >= 4 is 11.9 Å². The molecule has 1 aromatic carbocycles. The highest BCUT2D eigenvalue weighted by Gasteiger charge is 2.53. The third kappa shape index (κ3) is 4.15. The first kappa shape index (κ1) is 21.0. The molecule has 2 saturated carbocycles. The average Bonchev–Trinajstić information content (AvgIpc) is 3.32. The van der Waals surface area contributed by atoms with E-state index in [0.717, 1.165) is 38.0 Å². The second-order valence-electron chi connectivity index (χ2n) is 10.7. The molecule has 0 radical (unpaired) electrons. The lowest BCUT2D eigenvalue weighted by Crippen LogP contribution is -2.49. The number of hydrogen-bond acceptors (Lipinski definition) is 2. The molecule has 0 aromatic heterocycles. The lowest BCUT2D eigenvalue weighted by atomic mass is 9.75. The van der Waals surface area contributed by atoms with Crippen molar-refractivity contribution in [2.45, 2.75) is 108 Å². The van der Waals surface area contributed by atoms with Crippen LogP contribution in [0.5, 0.6) is 0 Å². The van der Waals surface area contributed by atoms with E-state index in [9.17, 15) is 4.79 Å². The van der Waals surface area contributed by atoms with Gasteiger partial charge in [0.1, 0.15) is 5.54 Å². The summed E-state index contributed by atoms with van der Waals surface area (Å²) in [4.78, 5) is 15.9. The molecule has 3 fully saturated rings. The predicted molar refractivity (Wildman–Crippen MR) is 125 cm³/mol. The molecule has 1 amide bonds. The normalized spacial score (nSPS) is 29.9. The Balaban J connectivity index is 1.38. The van der Waals surface area contributed by atoms with Crippen LogP contribution in [0, 0.1) is 17.2 Å². The van der Waals surface area contributed by atoms with E-state index in [1.54, 1.807) is 0 Å². The molecule has 5 rings (SSSR count). The second kappa shape index (κ2) is 8.96. The van der Waals surface area contributed by atoms with Gasteiger partial charge in [0.05, 0.1) is 6.04 Å². The Morgan fingerprint density at radius 1 is 0.935 bits per heavy atom. The monoisotopic (exact) mass is 421 g/mol. The molecule has 1 aliphatic heterocycles. The largest absolute Gasteiger partial charge is 0.342 e. The highest BCUT2D eigenvalue weighted by Crippen LogP contribution is 2.43. The van der Waals surface area contributed by atoms with Gasteiger partial charge >= 0.3 is 0 Å². The standard InChI is InChI=1S/C27H39N3O/c28-26-29-27(19-21-11-5-2-6-12-21,18-17-20-9-3-1-4-10-20)25(31)30(26)24-16-15-22-13-7-8-14-23(22)24/h7-8,13-14,20-21,24H,1-6,9-12,15-19H2,(H2,28,29)/t24-,27-/m1/s1. The summed E-state index contributed by atoms with van der Waals surface area (Å²) in [6.45, 7) is 0. The van der Waals surface area contributed by atoms with Gasteiger partial charge in [0, 0.05) is 0 Å². The van der Waals surface area contributed by atoms with E-state index in [4.69, 9.17) is 5.41 Å². The molecule has 4 heteroatoms. The number of nitrogens with zero attached hydrogens (tertiary/aromatic N) is 1. The zero-order chi connectivity index (χ0) is 21.3. The van der Waals surface area contributed by atoms with Gasteiger partial charge in [-0.1, -0.05) is 88.5 Å². The number of benzene rings is 1. The lowest BCUT2D eigenvalue weighted by molar-refractivity contribution is -0.134. The SMILES string of the molecule is N=C1N[C@](CCC2CCCCC2)(CC2CCCCC2)C(=O)N1[C@@H]1CCc2ccccc21. The van der Waals surface area contributed by atoms with Crippen molar-refractivity contribution in [1.29, 1.82) is 5.41 Å². The third-order valence-corrected chi connectivity index (χ3v) is 8.71. The fourth-order valence-electron chi connectivity index (χ4n) is 6.99. The highest BCUT2D eigenvalue weighted by molar-refractivity contribution is 6.08. The molecule has 4 aliphatic rings. The van der Waals surface area contributed by atoms with E-state index in [0.29, 0.717) is 11.9 Å². The van der Waals surface area contributed by atoms with Gasteiger partial charge in [-0.25, -0.2) is 0 Å². The van der Waals surface area contributed by atoms with Crippen LogP contribution in [0.25, 0.3) is 0 Å². The first-order chi connectivity index (χ1) is 15.2. The van der Waals surface area contributed by atoms with Crippen LogP contribution >= 0.6 is 0 Å². The zero-order valence-corrected chi connectivity index (χ0v) is 19.0. The Kier molecular flexibility index (Phi) is 6.08. The molecule has 4 nitrogen and oxygen atoms in total. The fraction of sp³-hybridized carbons (Fsp3) is 0.704. The molecule has 1 heterocycles. The van der Waals surface area contributed by atoms with E-state index in [2.05, 4.69) is 29.6 Å². The van der Waals surface area contributed by atoms with Crippen LogP contribution in [0.15, 0.2) is 24.3 Å². The summed E-state index contributed by atoms with van der Waals surface area (Å²) < 4.78 is 0. The summed E-state index contributed by atoms with van der Waals surface area (Å²) in [6, 6.07) is 8.55. The van der Waals surface area contributed by atoms with Gasteiger partial charge in [0.25, 0.3) is 5.91 Å². The van der Waals surface area contributed by atoms with Gasteiger partial charge in [-0.3, -0.25) is 15.1 Å². The maximum atomic E-state index is 14.1. The number of carbonyl (C=O) groups is 1. The smallest absolute Gasteiger partial charge is 0.255 e. The van der Waals surface area contributed by atoms with Crippen LogP contribution in [-0.2, 0) is 11.2 Å². The predicted octanol–water partition coefficient (Wildman–Crippen LogP) is 6.11. The number of fused-ring (bicyclic) bond motifs is 1. The molecule has 168 valence electrons. The average molecular weight is 422 g/mol. The number of nitrogens with one attached hydrogen (secondary N) is 2. The van der Waals surface area contributed by atoms with Crippen LogP contribution in [0.2, 0.25) is 0 Å². The van der Waals surface area contributed by atoms with Crippen LogP contribution in [0.4, 0.5) is 0 Å². The minimum absolute atomic E-state index is 0.0339. The number of hydrogen-bond donors (Lipinski definition) is 2. The fourth-order valence-corrected chi connectivity index (χ4v) is 6.99. The van der Waals surface area contributed by atoms with E-state index in [1.165, 1.54) is 75.3 Å². The zero-order valence-electron chi connectivity index (χ0n) is 19.0. The minimum atomic E-state index is -0.548. The van der Waals surface area contributed by atoms with Crippen LogP contribution in [0.1, 0.15) is 107 Å². The summed E-state index contributed by atoms with van der Waals surface area (Å²) in [5.41, 5.74) is 2.05. The van der Waals surface area contributed by atoms with Crippen molar-refractivity contribution in [3.05, 3.63) is 35.4 Å². The van der Waals surface area contributed by atoms with Gasteiger partial charge in [-0.2, -0.15) is 0 Å². The van der Waals surface area contributed by atoms with Gasteiger partial charge in [0.15, 0.2) is 5.96 Å². The van der Waals surface area contributed by atoms with Crippen LogP contribution < -0.4 is 5.32 Å². The van der Waals surface area contributed by atoms with Crippen molar-refractivity contribution < 1.29 is 4.79 Å². The molecule has 0 unspecified atom stereocenters. The highest BCUT2D eigenvalue weighted by atomic mass is 16.2. The Morgan fingerprint density at radius 3 is 2.35 bits per heavy atom. The van der Waals surface area contributed by atoms with Crippen molar-refractivity contribution in [2.24, 2.45) is 11.8 Å². The van der Waals surface area contributed by atoms with Crippen molar-refractivity contribution in [3.8, 4) is 0 Å². The van der Waals surface area contributed by atoms with Gasteiger partial charge < -0.3 is 5.32 Å². The Labute approximate surface area is 187 Å². The summed E-state index contributed by atoms with van der Waals surface area (Å²) in [6.07, 6.45) is 18.1. The number of aryl methyl sites for hydroxylation is 1. The Hall–Kier alpha value is -1.84. The summed E-state index contributed by atoms with van der Waals surface area (Å²) in [7, 11) is 0. The van der Waals surface area contributed by atoms with Crippen LogP contribution in [-0.4, -0.2) is 22.3 Å². The van der Waals surface area contributed by atoms with Crippen molar-refractivity contribution in [3.63, 3.8) is 0 Å². The Morgan fingerprint density at radius 2 is 1.61 bits per heavy atom. The first-order valence-electron chi connectivity index (χ1n) is 12.9. The first-order valence-corrected chi connectivity index (χ1v) is 12.9. The van der Waals surface area contributed by atoms with E-state index in [-0.39, 0.29) is 11.9 Å². The van der Waals surface area contributed by atoms with Gasteiger partial charge in [0.2, 0.25) is 0 Å². The maximum Gasteiger partial charge on any atom is 0.255 e. The molecule has 0 spiro atoms. The molecule has 3 aliphatic carbocycles. The Bertz CT molecular complexity index is 808. The number of rotatable bonds is 6. The van der Waals surface area contributed by atoms with E-state index < -0.39 is 5.54 Å². The molecule has 2 N–H and O–H groups in total. The van der Waals surface area contributed by atoms with Gasteiger partial charge in [-0.15, -0.1) is 0 Å². The molecule has 31 heavy (non-hydrogen) atoms. The quantitative estimate of drug-likeness (QED) is 0.582. The van der Waals surface area contributed by atoms with Crippen molar-refractivity contribution in [2.75, 3.05) is 0 Å². The molecular formula is C27H39N3O. The lowest BCUT2D eigenvalue weighted by Gasteiger charge is -2.35. The van der Waals surface area contributed by atoms with E-state index >= 15 is 0 Å². The van der Waals surface area contributed by atoms with Crippen molar-refractivity contribution in [1.82, 2.24) is 10.2 Å². The second-order valence-corrected chi connectivity index (χ2v) is 10.7. The van der Waals surface area contributed by atoms with E-state index in [1.807, 2.05) is 4.90 Å². The topological polar surface area (TPSA) is 56.2 Å². The summed E-state index contributed by atoms with van der Waals surface area (Å²) in [5, 5.41) is 12.4. The number of guanidine groups is 1. The molecule has 2 atom stereocenters. The minimum Gasteiger partial charge on any atom is -0.342 e. The molecular weight excluding hydrogens is 382 g/mol. The summed E-state index contributed by atoms with van der Waals surface area (Å²) >= 11 is 0. The molecule has 1 aromatic rings. The number of carbonyl (C=O) groups excluding carboxylic acids is 1.